The average molecular weight is 185 g/mol. The van der Waals surface area contributed by atoms with Gasteiger partial charge in [-0.25, -0.2) is 0 Å². The summed E-state index contributed by atoms with van der Waals surface area (Å²) in [6.07, 6.45) is 5.53. The molecule has 1 fully saturated rings. The quantitative estimate of drug-likeness (QED) is 0.685. The molecule has 0 aromatic carbocycles. The lowest BCUT2D eigenvalue weighted by molar-refractivity contribution is 0.0164. The van der Waals surface area contributed by atoms with Crippen molar-refractivity contribution in [3.63, 3.8) is 0 Å². The first-order chi connectivity index (χ1) is 6.30. The van der Waals surface area contributed by atoms with Gasteiger partial charge in [-0.2, -0.15) is 0 Å². The number of hydrogen-bond acceptors (Lipinski definition) is 2. The summed E-state index contributed by atoms with van der Waals surface area (Å²) in [5, 5.41) is 3.61. The van der Waals surface area contributed by atoms with E-state index in [1.165, 1.54) is 32.2 Å². The molecule has 2 heteroatoms. The smallest absolute Gasteiger partial charge is 0.0601 e. The summed E-state index contributed by atoms with van der Waals surface area (Å²) in [5.41, 5.74) is 0. The van der Waals surface area contributed by atoms with Crippen LogP contribution in [0.2, 0.25) is 0 Å². The fourth-order valence-corrected chi connectivity index (χ4v) is 1.84. The van der Waals surface area contributed by atoms with Gasteiger partial charge in [-0.15, -0.1) is 0 Å². The van der Waals surface area contributed by atoms with Crippen LogP contribution in [-0.2, 0) is 4.74 Å². The molecule has 1 aliphatic carbocycles. The monoisotopic (exact) mass is 185 g/mol. The van der Waals surface area contributed by atoms with Crippen LogP contribution in [0.5, 0.6) is 0 Å². The molecule has 1 saturated carbocycles. The molecule has 0 unspecified atom stereocenters. The van der Waals surface area contributed by atoms with Crippen molar-refractivity contribution in [2.24, 2.45) is 5.92 Å². The fourth-order valence-electron chi connectivity index (χ4n) is 1.84. The maximum absolute atomic E-state index is 5.24. The van der Waals surface area contributed by atoms with Crippen molar-refractivity contribution in [2.45, 2.75) is 51.7 Å². The van der Waals surface area contributed by atoms with E-state index in [4.69, 9.17) is 4.74 Å². The molecule has 0 amide bonds. The van der Waals surface area contributed by atoms with Crippen molar-refractivity contribution in [1.29, 1.82) is 0 Å². The third-order valence-electron chi connectivity index (χ3n) is 3.28. The molecule has 0 radical (unpaired) electrons. The summed E-state index contributed by atoms with van der Waals surface area (Å²) in [7, 11) is 1.81. The van der Waals surface area contributed by atoms with E-state index >= 15 is 0 Å². The number of hydrogen-bond donors (Lipinski definition) is 1. The highest BCUT2D eigenvalue weighted by Crippen LogP contribution is 2.22. The summed E-state index contributed by atoms with van der Waals surface area (Å²) >= 11 is 0. The van der Waals surface area contributed by atoms with Gasteiger partial charge in [0.25, 0.3) is 0 Å². The van der Waals surface area contributed by atoms with E-state index in [1.54, 1.807) is 0 Å². The van der Waals surface area contributed by atoms with E-state index in [9.17, 15) is 0 Å². The summed E-state index contributed by atoms with van der Waals surface area (Å²) in [5.74, 6) is 0.863. The topological polar surface area (TPSA) is 21.3 Å². The van der Waals surface area contributed by atoms with Crippen LogP contribution >= 0.6 is 0 Å². The van der Waals surface area contributed by atoms with Crippen LogP contribution in [0.3, 0.4) is 0 Å². The predicted octanol–water partition coefficient (Wildman–Crippen LogP) is 2.19. The van der Waals surface area contributed by atoms with E-state index in [2.05, 4.69) is 19.2 Å². The molecule has 1 rings (SSSR count). The Morgan fingerprint density at radius 1 is 1.31 bits per heavy atom. The zero-order chi connectivity index (χ0) is 9.68. The van der Waals surface area contributed by atoms with Crippen LogP contribution in [0.25, 0.3) is 0 Å². The summed E-state index contributed by atoms with van der Waals surface area (Å²) < 4.78 is 5.24. The molecule has 0 aromatic rings. The van der Waals surface area contributed by atoms with Crippen LogP contribution < -0.4 is 5.32 Å². The first kappa shape index (κ1) is 11.0. The maximum Gasteiger partial charge on any atom is 0.0601 e. The summed E-state index contributed by atoms with van der Waals surface area (Å²) in [6.45, 7) is 5.73. The predicted molar refractivity (Wildman–Crippen MR) is 55.9 cm³/mol. The zero-order valence-electron chi connectivity index (χ0n) is 9.18. The lowest BCUT2D eigenvalue weighted by Crippen LogP contribution is -2.46. The Kier molecular flexibility index (Phi) is 4.74. The average Bonchev–Trinajstić information content (AvgIpc) is 2.09. The molecule has 13 heavy (non-hydrogen) atoms. The van der Waals surface area contributed by atoms with Gasteiger partial charge in [-0.1, -0.05) is 26.7 Å². The molecule has 0 aromatic heterocycles. The minimum Gasteiger partial charge on any atom is -0.381 e. The minimum absolute atomic E-state index is 0.527. The van der Waals surface area contributed by atoms with Gasteiger partial charge in [-0.3, -0.25) is 0 Å². The van der Waals surface area contributed by atoms with Gasteiger partial charge >= 0.3 is 0 Å². The molecule has 78 valence electrons. The van der Waals surface area contributed by atoms with Crippen molar-refractivity contribution in [3.05, 3.63) is 0 Å². The number of methoxy groups -OCH3 is 1. The Hall–Kier alpha value is -0.0800. The van der Waals surface area contributed by atoms with Crippen LogP contribution in [-0.4, -0.2) is 25.8 Å². The standard InChI is InChI=1S/C11H23NO/c1-4-9(5-2)8-12-10-6-11(7-10)13-3/h9-12H,4-8H2,1-3H3. The van der Waals surface area contributed by atoms with Crippen LogP contribution in [0, 0.1) is 5.92 Å². The molecule has 1 N–H and O–H groups in total. The Morgan fingerprint density at radius 3 is 2.38 bits per heavy atom. The van der Waals surface area contributed by atoms with E-state index in [0.717, 1.165) is 12.0 Å². The van der Waals surface area contributed by atoms with Crippen LogP contribution in [0.15, 0.2) is 0 Å². The molecular formula is C11H23NO. The second kappa shape index (κ2) is 5.61. The Bertz CT molecular complexity index is 128. The molecule has 0 atom stereocenters. The highest BCUT2D eigenvalue weighted by molar-refractivity contribution is 4.86. The summed E-state index contributed by atoms with van der Waals surface area (Å²) in [4.78, 5) is 0. The second-order valence-corrected chi connectivity index (χ2v) is 4.12. The molecule has 0 spiro atoms. The van der Waals surface area contributed by atoms with Gasteiger partial charge in [0.05, 0.1) is 6.10 Å². The van der Waals surface area contributed by atoms with E-state index in [0.29, 0.717) is 6.10 Å². The number of nitrogens with one attached hydrogen (secondary N) is 1. The zero-order valence-corrected chi connectivity index (χ0v) is 9.18. The van der Waals surface area contributed by atoms with Gasteiger partial charge < -0.3 is 10.1 Å². The van der Waals surface area contributed by atoms with E-state index in [1.807, 2.05) is 7.11 Å². The first-order valence-corrected chi connectivity index (χ1v) is 5.56. The normalized spacial score (nSPS) is 27.7. The fraction of sp³-hybridized carbons (Fsp3) is 1.00. The van der Waals surface area contributed by atoms with Crippen molar-refractivity contribution in [1.82, 2.24) is 5.32 Å². The lowest BCUT2D eigenvalue weighted by atomic mass is 9.88. The van der Waals surface area contributed by atoms with E-state index in [-0.39, 0.29) is 0 Å². The second-order valence-electron chi connectivity index (χ2n) is 4.12. The highest BCUT2D eigenvalue weighted by Gasteiger charge is 2.28. The Morgan fingerprint density at radius 2 is 1.92 bits per heavy atom. The molecule has 1 aliphatic rings. The van der Waals surface area contributed by atoms with Crippen molar-refractivity contribution >= 4 is 0 Å². The third kappa shape index (κ3) is 3.28. The van der Waals surface area contributed by atoms with Gasteiger partial charge in [0.15, 0.2) is 0 Å². The van der Waals surface area contributed by atoms with Crippen LogP contribution in [0.4, 0.5) is 0 Å². The Balaban J connectivity index is 2.01. The van der Waals surface area contributed by atoms with Gasteiger partial charge in [0.1, 0.15) is 0 Å². The number of ether oxygens (including phenoxy) is 1. The molecule has 0 saturated heterocycles. The van der Waals surface area contributed by atoms with Crippen LogP contribution in [0.1, 0.15) is 39.5 Å². The summed E-state index contributed by atoms with van der Waals surface area (Å²) in [6, 6.07) is 0.727. The molecule has 0 heterocycles. The molecule has 0 bridgehead atoms. The van der Waals surface area contributed by atoms with Gasteiger partial charge in [0.2, 0.25) is 0 Å². The first-order valence-electron chi connectivity index (χ1n) is 5.56. The molecule has 0 aliphatic heterocycles. The van der Waals surface area contributed by atoms with Crippen molar-refractivity contribution in [3.8, 4) is 0 Å². The third-order valence-corrected chi connectivity index (χ3v) is 3.28. The Labute approximate surface area is 82.0 Å². The minimum atomic E-state index is 0.527. The lowest BCUT2D eigenvalue weighted by Gasteiger charge is -2.35. The van der Waals surface area contributed by atoms with E-state index < -0.39 is 0 Å². The van der Waals surface area contributed by atoms with Gasteiger partial charge in [0, 0.05) is 13.2 Å². The maximum atomic E-state index is 5.24. The highest BCUT2D eigenvalue weighted by atomic mass is 16.5. The molecule has 2 nitrogen and oxygen atoms in total. The van der Waals surface area contributed by atoms with Crippen molar-refractivity contribution in [2.75, 3.05) is 13.7 Å². The molecular weight excluding hydrogens is 162 g/mol. The SMILES string of the molecule is CCC(CC)CNC1CC(OC)C1. The van der Waals surface area contributed by atoms with Crippen molar-refractivity contribution < 1.29 is 4.74 Å². The largest absolute Gasteiger partial charge is 0.381 e. The number of rotatable bonds is 6. The van der Waals surface area contributed by atoms with Gasteiger partial charge in [-0.05, 0) is 25.3 Å².